The summed E-state index contributed by atoms with van der Waals surface area (Å²) < 4.78 is 63.9. The van der Waals surface area contributed by atoms with Crippen molar-refractivity contribution in [1.82, 2.24) is 4.98 Å². The average Bonchev–Trinajstić information content (AvgIpc) is 2.92. The lowest BCUT2D eigenvalue weighted by Crippen LogP contribution is -2.19. The van der Waals surface area contributed by atoms with Gasteiger partial charge < -0.3 is 5.11 Å². The predicted octanol–water partition coefficient (Wildman–Crippen LogP) is 2.84. The quantitative estimate of drug-likeness (QED) is 0.803. The van der Waals surface area contributed by atoms with Crippen molar-refractivity contribution < 1.29 is 31.5 Å². The van der Waals surface area contributed by atoms with E-state index in [-0.39, 0.29) is 17.0 Å². The SMILES string of the molecule is O=C(O)c1ncsc1NS(=O)(=O)CCc1cccc(C(F)(F)F)c1. The maximum Gasteiger partial charge on any atom is 0.416 e. The molecule has 0 saturated carbocycles. The van der Waals surface area contributed by atoms with E-state index < -0.39 is 39.2 Å². The molecule has 0 unspecified atom stereocenters. The molecule has 0 amide bonds. The van der Waals surface area contributed by atoms with Gasteiger partial charge in [0.15, 0.2) is 5.69 Å². The van der Waals surface area contributed by atoms with E-state index in [1.165, 1.54) is 17.6 Å². The van der Waals surface area contributed by atoms with Crippen molar-refractivity contribution in [3.8, 4) is 0 Å². The Bertz CT molecular complexity index is 847. The van der Waals surface area contributed by atoms with E-state index in [2.05, 4.69) is 9.71 Å². The lowest BCUT2D eigenvalue weighted by Gasteiger charge is -2.09. The molecule has 6 nitrogen and oxygen atoms in total. The van der Waals surface area contributed by atoms with Crippen LogP contribution >= 0.6 is 11.3 Å². The van der Waals surface area contributed by atoms with Gasteiger partial charge in [-0.25, -0.2) is 18.2 Å². The molecule has 0 saturated heterocycles. The number of hydrogen-bond acceptors (Lipinski definition) is 5. The van der Waals surface area contributed by atoms with Crippen LogP contribution in [-0.2, 0) is 22.6 Å². The molecule has 1 heterocycles. The van der Waals surface area contributed by atoms with Crippen molar-refractivity contribution in [3.05, 3.63) is 46.6 Å². The van der Waals surface area contributed by atoms with E-state index in [4.69, 9.17) is 5.11 Å². The van der Waals surface area contributed by atoms with Gasteiger partial charge in [0.05, 0.1) is 16.8 Å². The molecule has 2 rings (SSSR count). The lowest BCUT2D eigenvalue weighted by atomic mass is 10.1. The molecular weight excluding hydrogens is 369 g/mol. The molecule has 24 heavy (non-hydrogen) atoms. The molecule has 0 aliphatic heterocycles. The zero-order chi connectivity index (χ0) is 18.0. The standard InChI is InChI=1S/C13H11F3N2O4S2/c14-13(15,16)9-3-1-2-8(6-9)4-5-24(21,22)18-11-10(12(19)20)17-7-23-11/h1-3,6-7,18H,4-5H2,(H,19,20). The Morgan fingerprint density at radius 3 is 2.67 bits per heavy atom. The number of aromatic carboxylic acids is 1. The Morgan fingerprint density at radius 1 is 1.33 bits per heavy atom. The van der Waals surface area contributed by atoms with Crippen LogP contribution in [-0.4, -0.2) is 30.2 Å². The summed E-state index contributed by atoms with van der Waals surface area (Å²) in [5.74, 6) is -1.88. The Kier molecular flexibility index (Phi) is 5.13. The molecule has 0 bridgehead atoms. The predicted molar refractivity (Wildman–Crippen MR) is 81.6 cm³/mol. The average molecular weight is 380 g/mol. The third-order valence-electron chi connectivity index (χ3n) is 2.93. The van der Waals surface area contributed by atoms with Crippen LogP contribution in [0.3, 0.4) is 0 Å². The van der Waals surface area contributed by atoms with E-state index in [0.717, 1.165) is 23.5 Å². The highest BCUT2D eigenvalue weighted by Gasteiger charge is 2.30. The van der Waals surface area contributed by atoms with Gasteiger partial charge in [-0.15, -0.1) is 11.3 Å². The zero-order valence-corrected chi connectivity index (χ0v) is 13.5. The number of aryl methyl sites for hydroxylation is 1. The minimum Gasteiger partial charge on any atom is -0.476 e. The summed E-state index contributed by atoms with van der Waals surface area (Å²) in [5, 5.41) is 8.72. The maximum absolute atomic E-state index is 12.6. The summed E-state index contributed by atoms with van der Waals surface area (Å²) in [6.45, 7) is 0. The number of sulfonamides is 1. The Balaban J connectivity index is 2.08. The normalized spacial score (nSPS) is 12.1. The molecule has 0 atom stereocenters. The second-order valence-electron chi connectivity index (χ2n) is 4.70. The molecule has 2 aromatic rings. The van der Waals surface area contributed by atoms with Crippen molar-refractivity contribution in [2.24, 2.45) is 0 Å². The number of rotatable bonds is 6. The number of carboxylic acids is 1. The first-order valence-electron chi connectivity index (χ1n) is 6.42. The second-order valence-corrected chi connectivity index (χ2v) is 7.40. The van der Waals surface area contributed by atoms with E-state index >= 15 is 0 Å². The number of hydrogen-bond donors (Lipinski definition) is 2. The minimum absolute atomic E-state index is 0.147. The number of carboxylic acid groups (broad SMARTS) is 1. The van der Waals surface area contributed by atoms with Gasteiger partial charge in [0.25, 0.3) is 0 Å². The first-order valence-corrected chi connectivity index (χ1v) is 8.95. The largest absolute Gasteiger partial charge is 0.476 e. The molecule has 2 N–H and O–H groups in total. The van der Waals surface area contributed by atoms with Gasteiger partial charge in [-0.1, -0.05) is 18.2 Å². The fraction of sp³-hybridized carbons (Fsp3) is 0.231. The Labute approximate surface area is 139 Å². The number of carbonyl (C=O) groups is 1. The smallest absolute Gasteiger partial charge is 0.416 e. The summed E-state index contributed by atoms with van der Waals surface area (Å²) in [5.41, 5.74) is 0.0928. The highest BCUT2D eigenvalue weighted by Crippen LogP contribution is 2.29. The number of nitrogens with one attached hydrogen (secondary N) is 1. The van der Waals surface area contributed by atoms with Crippen molar-refractivity contribution in [2.45, 2.75) is 12.6 Å². The number of alkyl halides is 3. The van der Waals surface area contributed by atoms with Gasteiger partial charge in [0, 0.05) is 0 Å². The lowest BCUT2D eigenvalue weighted by molar-refractivity contribution is -0.137. The van der Waals surface area contributed by atoms with Gasteiger partial charge in [-0.05, 0) is 18.1 Å². The molecule has 0 fully saturated rings. The summed E-state index contributed by atoms with van der Waals surface area (Å²) in [6.07, 6.45) is -4.66. The Hall–Kier alpha value is -2.14. The molecular formula is C13H11F3N2O4S2. The van der Waals surface area contributed by atoms with Gasteiger partial charge in [0.1, 0.15) is 5.00 Å². The maximum atomic E-state index is 12.6. The number of nitrogens with zero attached hydrogens (tertiary/aromatic N) is 1. The zero-order valence-electron chi connectivity index (χ0n) is 11.9. The topological polar surface area (TPSA) is 96.4 Å². The molecule has 1 aromatic carbocycles. The van der Waals surface area contributed by atoms with E-state index in [0.29, 0.717) is 0 Å². The van der Waals surface area contributed by atoms with Crippen LogP contribution in [0.25, 0.3) is 0 Å². The van der Waals surface area contributed by atoms with Crippen molar-refractivity contribution in [3.63, 3.8) is 0 Å². The number of halogens is 3. The van der Waals surface area contributed by atoms with Gasteiger partial charge >= 0.3 is 12.1 Å². The van der Waals surface area contributed by atoms with Crippen LogP contribution in [0.5, 0.6) is 0 Å². The summed E-state index contributed by atoms with van der Waals surface area (Å²) in [6, 6.07) is 4.36. The first kappa shape index (κ1) is 18.2. The number of anilines is 1. The minimum atomic E-state index is -4.51. The van der Waals surface area contributed by atoms with Crippen molar-refractivity contribution in [2.75, 3.05) is 10.5 Å². The van der Waals surface area contributed by atoms with E-state index in [9.17, 15) is 26.4 Å². The van der Waals surface area contributed by atoms with Gasteiger partial charge in [-0.2, -0.15) is 13.2 Å². The van der Waals surface area contributed by atoms with E-state index in [1.54, 1.807) is 0 Å². The van der Waals surface area contributed by atoms with Crippen LogP contribution in [0.4, 0.5) is 18.2 Å². The Morgan fingerprint density at radius 2 is 2.04 bits per heavy atom. The summed E-state index contributed by atoms with van der Waals surface area (Å²) in [7, 11) is -3.93. The fourth-order valence-corrected chi connectivity index (χ4v) is 3.89. The summed E-state index contributed by atoms with van der Waals surface area (Å²) in [4.78, 5) is 14.4. The molecule has 0 aliphatic rings. The number of thiazole rings is 1. The first-order chi connectivity index (χ1) is 11.1. The van der Waals surface area contributed by atoms with Crippen LogP contribution in [0.15, 0.2) is 29.8 Å². The van der Waals surface area contributed by atoms with E-state index in [1.807, 2.05) is 0 Å². The van der Waals surface area contributed by atoms with Crippen LogP contribution in [0, 0.1) is 0 Å². The molecule has 130 valence electrons. The highest BCUT2D eigenvalue weighted by atomic mass is 32.2. The molecule has 11 heteroatoms. The monoisotopic (exact) mass is 380 g/mol. The van der Waals surface area contributed by atoms with Gasteiger partial charge in [0.2, 0.25) is 10.0 Å². The van der Waals surface area contributed by atoms with Crippen LogP contribution in [0.1, 0.15) is 21.6 Å². The number of benzene rings is 1. The van der Waals surface area contributed by atoms with Crippen LogP contribution < -0.4 is 4.72 Å². The third kappa shape index (κ3) is 4.68. The summed E-state index contributed by atoms with van der Waals surface area (Å²) >= 11 is 0.801. The van der Waals surface area contributed by atoms with Crippen LogP contribution in [0.2, 0.25) is 0 Å². The van der Waals surface area contributed by atoms with Gasteiger partial charge in [-0.3, -0.25) is 4.72 Å². The van der Waals surface area contributed by atoms with Crippen molar-refractivity contribution >= 4 is 32.3 Å². The molecule has 1 aromatic heterocycles. The second kappa shape index (κ2) is 6.77. The molecule has 0 radical (unpaired) electrons. The third-order valence-corrected chi connectivity index (χ3v) is 5.06. The van der Waals surface area contributed by atoms with Crippen molar-refractivity contribution in [1.29, 1.82) is 0 Å². The molecule has 0 aliphatic carbocycles. The highest BCUT2D eigenvalue weighted by molar-refractivity contribution is 7.92. The number of aromatic nitrogens is 1. The fourth-order valence-electron chi connectivity index (χ4n) is 1.82. The molecule has 0 spiro atoms.